The molecule has 0 bridgehead atoms. The largest absolute Gasteiger partial charge is 0.455 e. The van der Waals surface area contributed by atoms with Crippen molar-refractivity contribution in [1.29, 1.82) is 0 Å². The third-order valence-corrected chi connectivity index (χ3v) is 7.98. The SMILES string of the molecule is Cc1c2c(cc3ccccc13)Oc1c3ccc(CC4CCCC4)cc3cc3cc[n+](C)c-2c13. The summed E-state index contributed by atoms with van der Waals surface area (Å²) in [5.74, 6) is 2.82. The van der Waals surface area contributed by atoms with Crippen LogP contribution < -0.4 is 9.30 Å². The highest BCUT2D eigenvalue weighted by Gasteiger charge is 2.31. The van der Waals surface area contributed by atoms with Gasteiger partial charge in [-0.05, 0) is 64.1 Å². The Balaban J connectivity index is 1.50. The van der Waals surface area contributed by atoms with Crippen LogP contribution in [0.2, 0.25) is 0 Å². The van der Waals surface area contributed by atoms with E-state index < -0.39 is 0 Å². The van der Waals surface area contributed by atoms with Crippen molar-refractivity contribution in [1.82, 2.24) is 0 Å². The Morgan fingerprint density at radius 2 is 1.73 bits per heavy atom. The highest BCUT2D eigenvalue weighted by molar-refractivity contribution is 6.13. The van der Waals surface area contributed by atoms with Gasteiger partial charge in [-0.2, -0.15) is 0 Å². The van der Waals surface area contributed by atoms with Crippen LogP contribution >= 0.6 is 0 Å². The van der Waals surface area contributed by atoms with Crippen molar-refractivity contribution in [3.63, 3.8) is 0 Å². The average Bonchev–Trinajstić information content (AvgIpc) is 3.34. The van der Waals surface area contributed by atoms with Gasteiger partial charge in [0.25, 0.3) is 0 Å². The molecule has 1 saturated carbocycles. The van der Waals surface area contributed by atoms with Gasteiger partial charge < -0.3 is 4.74 Å². The number of hydrogen-bond acceptors (Lipinski definition) is 1. The topological polar surface area (TPSA) is 13.1 Å². The van der Waals surface area contributed by atoms with Gasteiger partial charge in [0.15, 0.2) is 6.20 Å². The molecule has 2 nitrogen and oxygen atoms in total. The second-order valence-electron chi connectivity index (χ2n) is 10.1. The zero-order valence-electron chi connectivity index (χ0n) is 19.3. The van der Waals surface area contributed by atoms with E-state index in [2.05, 4.69) is 85.4 Å². The van der Waals surface area contributed by atoms with Crippen LogP contribution in [0.4, 0.5) is 0 Å². The monoisotopic (exact) mass is 430 g/mol. The minimum Gasteiger partial charge on any atom is -0.455 e. The number of hydrogen-bond donors (Lipinski definition) is 0. The van der Waals surface area contributed by atoms with E-state index in [1.807, 2.05) is 0 Å². The van der Waals surface area contributed by atoms with Gasteiger partial charge in [0.05, 0.1) is 10.9 Å². The molecule has 0 atom stereocenters. The van der Waals surface area contributed by atoms with Crippen LogP contribution in [0.3, 0.4) is 0 Å². The minimum atomic E-state index is 0.853. The third kappa shape index (κ3) is 2.83. The molecule has 0 N–H and O–H groups in total. The lowest BCUT2D eigenvalue weighted by Crippen LogP contribution is -2.31. The van der Waals surface area contributed by atoms with Crippen LogP contribution in [0.1, 0.15) is 36.8 Å². The van der Waals surface area contributed by atoms with Crippen LogP contribution in [-0.4, -0.2) is 0 Å². The Labute approximate surface area is 194 Å². The number of benzene rings is 4. The molecule has 0 unspecified atom stereocenters. The predicted octanol–water partition coefficient (Wildman–Crippen LogP) is 7.78. The van der Waals surface area contributed by atoms with Gasteiger partial charge in [-0.1, -0.05) is 68.1 Å². The molecule has 33 heavy (non-hydrogen) atoms. The smallest absolute Gasteiger partial charge is 0.228 e. The lowest BCUT2D eigenvalue weighted by molar-refractivity contribution is -0.659. The normalized spacial score (nSPS) is 15.3. The quantitative estimate of drug-likeness (QED) is 0.202. The van der Waals surface area contributed by atoms with E-state index in [1.165, 1.54) is 86.8 Å². The summed E-state index contributed by atoms with van der Waals surface area (Å²) in [6, 6.07) is 22.5. The molecule has 4 aromatic carbocycles. The molecule has 2 aliphatic rings. The summed E-state index contributed by atoms with van der Waals surface area (Å²) in [7, 11) is 2.15. The predicted molar refractivity (Wildman–Crippen MR) is 136 cm³/mol. The van der Waals surface area contributed by atoms with Crippen LogP contribution in [0, 0.1) is 12.8 Å². The van der Waals surface area contributed by atoms with E-state index in [0.717, 1.165) is 17.4 Å². The molecule has 1 aliphatic heterocycles. The van der Waals surface area contributed by atoms with Gasteiger partial charge in [0, 0.05) is 11.5 Å². The van der Waals surface area contributed by atoms with Crippen LogP contribution in [0.15, 0.2) is 66.9 Å². The third-order valence-electron chi connectivity index (χ3n) is 7.98. The van der Waals surface area contributed by atoms with E-state index in [9.17, 15) is 0 Å². The first-order valence-electron chi connectivity index (χ1n) is 12.3. The summed E-state index contributed by atoms with van der Waals surface area (Å²) in [6.07, 6.45) is 8.96. The number of pyridine rings is 1. The average molecular weight is 431 g/mol. The van der Waals surface area contributed by atoms with E-state index >= 15 is 0 Å². The van der Waals surface area contributed by atoms with E-state index in [-0.39, 0.29) is 0 Å². The first-order valence-corrected chi connectivity index (χ1v) is 12.3. The number of nitrogens with zero attached hydrogens (tertiary/aromatic N) is 1. The van der Waals surface area contributed by atoms with Crippen molar-refractivity contribution in [3.05, 3.63) is 78.0 Å². The van der Waals surface area contributed by atoms with E-state index in [0.29, 0.717) is 0 Å². The zero-order chi connectivity index (χ0) is 22.1. The molecular weight excluding hydrogens is 402 g/mol. The summed E-state index contributed by atoms with van der Waals surface area (Å²) in [5, 5.41) is 7.49. The molecule has 1 aliphatic carbocycles. The maximum atomic E-state index is 6.77. The molecule has 7 rings (SSSR count). The number of aromatic nitrogens is 1. The first kappa shape index (κ1) is 19.1. The molecule has 5 aromatic rings. The fourth-order valence-corrected chi connectivity index (χ4v) is 6.33. The van der Waals surface area contributed by atoms with Crippen LogP contribution in [-0.2, 0) is 13.5 Å². The molecule has 0 spiro atoms. The van der Waals surface area contributed by atoms with Gasteiger partial charge in [0.2, 0.25) is 5.69 Å². The molecule has 1 aromatic heterocycles. The van der Waals surface area contributed by atoms with Crippen molar-refractivity contribution < 1.29 is 9.30 Å². The molecule has 0 radical (unpaired) electrons. The first-order chi connectivity index (χ1) is 16.2. The van der Waals surface area contributed by atoms with E-state index in [1.54, 1.807) is 0 Å². The highest BCUT2D eigenvalue weighted by atomic mass is 16.5. The number of rotatable bonds is 2. The summed E-state index contributed by atoms with van der Waals surface area (Å²) >= 11 is 0. The maximum absolute atomic E-state index is 6.77. The summed E-state index contributed by atoms with van der Waals surface area (Å²) in [5.41, 5.74) is 5.21. The molecular formula is C31H28NO+. The second-order valence-corrected chi connectivity index (χ2v) is 10.1. The van der Waals surface area contributed by atoms with Gasteiger partial charge in [-0.3, -0.25) is 0 Å². The van der Waals surface area contributed by atoms with Gasteiger partial charge in [-0.25, -0.2) is 4.57 Å². The van der Waals surface area contributed by atoms with Crippen LogP contribution in [0.5, 0.6) is 11.5 Å². The Morgan fingerprint density at radius 1 is 0.879 bits per heavy atom. The molecule has 1 fully saturated rings. The molecule has 0 saturated heterocycles. The Bertz CT molecular complexity index is 1590. The Kier molecular flexibility index (Phi) is 4.08. The fraction of sp³-hybridized carbons (Fsp3) is 0.258. The van der Waals surface area contributed by atoms with Crippen molar-refractivity contribution in [2.75, 3.05) is 0 Å². The lowest BCUT2D eigenvalue weighted by Gasteiger charge is -2.23. The number of aryl methyl sites for hydroxylation is 2. The lowest BCUT2D eigenvalue weighted by atomic mass is 9.90. The summed E-state index contributed by atoms with van der Waals surface area (Å²) in [4.78, 5) is 0. The van der Waals surface area contributed by atoms with Crippen molar-refractivity contribution in [2.24, 2.45) is 13.0 Å². The molecule has 0 amide bonds. The summed E-state index contributed by atoms with van der Waals surface area (Å²) < 4.78 is 9.03. The summed E-state index contributed by atoms with van der Waals surface area (Å²) in [6.45, 7) is 2.23. The molecule has 2 heterocycles. The van der Waals surface area contributed by atoms with Crippen molar-refractivity contribution in [2.45, 2.75) is 39.0 Å². The van der Waals surface area contributed by atoms with Gasteiger partial charge >= 0.3 is 0 Å². The van der Waals surface area contributed by atoms with Gasteiger partial charge in [-0.15, -0.1) is 0 Å². The number of ether oxygens (including phenoxy) is 1. The van der Waals surface area contributed by atoms with E-state index in [4.69, 9.17) is 4.74 Å². The van der Waals surface area contributed by atoms with Gasteiger partial charge in [0.1, 0.15) is 18.5 Å². The fourth-order valence-electron chi connectivity index (χ4n) is 6.33. The maximum Gasteiger partial charge on any atom is 0.228 e. The zero-order valence-corrected chi connectivity index (χ0v) is 19.3. The second kappa shape index (κ2) is 7.05. The minimum absolute atomic E-state index is 0.853. The van der Waals surface area contributed by atoms with Crippen molar-refractivity contribution in [3.8, 4) is 22.8 Å². The standard InChI is InChI=1S/C31H28NO/c1-19-25-10-6-5-9-22(25)18-27-28(19)30-29-23(13-14-32(30)2)17-24-16-21(15-20-7-3-4-8-20)11-12-26(24)31(29)33-27/h5-6,9-14,16-18,20H,3-4,7-8,15H2,1-2H3/q+1. The Hall–Kier alpha value is -3.39. The molecule has 2 heteroatoms. The highest BCUT2D eigenvalue weighted by Crippen LogP contribution is 2.50. The van der Waals surface area contributed by atoms with Crippen molar-refractivity contribution >= 4 is 32.3 Å². The molecule has 162 valence electrons. The number of fused-ring (bicyclic) bond motifs is 5. The Morgan fingerprint density at radius 3 is 2.61 bits per heavy atom. The van der Waals surface area contributed by atoms with Crippen LogP contribution in [0.25, 0.3) is 43.6 Å².